The van der Waals surface area contributed by atoms with Gasteiger partial charge in [0.25, 0.3) is 0 Å². The largest absolute Gasteiger partial charge is 0.380 e. The molecule has 0 aromatic carbocycles. The normalized spacial score (nSPS) is 26.2. The third-order valence-electron chi connectivity index (χ3n) is 4.14. The topological polar surface area (TPSA) is 27.7 Å². The summed E-state index contributed by atoms with van der Waals surface area (Å²) in [5, 5.41) is 3.45. The lowest BCUT2D eigenvalue weighted by atomic mass is 10.2. The molecule has 1 unspecified atom stereocenters. The van der Waals surface area contributed by atoms with E-state index in [0.717, 1.165) is 32.3 Å². The van der Waals surface area contributed by atoms with E-state index in [-0.39, 0.29) is 0 Å². The number of hydrogen-bond acceptors (Lipinski definition) is 4. The van der Waals surface area contributed by atoms with Gasteiger partial charge >= 0.3 is 0 Å². The summed E-state index contributed by atoms with van der Waals surface area (Å²) >= 11 is 0. The highest BCUT2D eigenvalue weighted by Gasteiger charge is 2.28. The second kappa shape index (κ2) is 8.10. The Balaban J connectivity index is 1.50. The predicted octanol–water partition coefficient (Wildman–Crippen LogP) is 0.783. The van der Waals surface area contributed by atoms with E-state index in [1.54, 1.807) is 0 Å². The van der Waals surface area contributed by atoms with Crippen LogP contribution >= 0.6 is 0 Å². The van der Waals surface area contributed by atoms with Gasteiger partial charge in [-0.3, -0.25) is 4.90 Å². The van der Waals surface area contributed by atoms with Crippen LogP contribution < -0.4 is 5.32 Å². The van der Waals surface area contributed by atoms with Crippen molar-refractivity contribution in [1.82, 2.24) is 15.1 Å². The van der Waals surface area contributed by atoms with Crippen LogP contribution in [0, 0.1) is 0 Å². The van der Waals surface area contributed by atoms with E-state index >= 15 is 0 Å². The molecule has 1 atom stereocenters. The van der Waals surface area contributed by atoms with Gasteiger partial charge in [0.15, 0.2) is 0 Å². The minimum absolute atomic E-state index is 0.825. The van der Waals surface area contributed by atoms with Crippen molar-refractivity contribution < 1.29 is 4.74 Å². The summed E-state index contributed by atoms with van der Waals surface area (Å²) < 4.78 is 5.31. The Labute approximate surface area is 112 Å². The SMILES string of the molecule is CCOCCNCCN1CCC(N2CCCC2)C1. The second-order valence-electron chi connectivity index (χ2n) is 5.43. The van der Waals surface area contributed by atoms with Gasteiger partial charge in [-0.05, 0) is 45.8 Å². The fraction of sp³-hybridized carbons (Fsp3) is 1.00. The van der Waals surface area contributed by atoms with E-state index in [9.17, 15) is 0 Å². The Kier molecular flexibility index (Phi) is 6.41. The van der Waals surface area contributed by atoms with Crippen molar-refractivity contribution in [2.75, 3.05) is 59.0 Å². The quantitative estimate of drug-likeness (QED) is 0.649. The molecule has 2 heterocycles. The molecule has 0 saturated carbocycles. The number of likely N-dealkylation sites (tertiary alicyclic amines) is 2. The van der Waals surface area contributed by atoms with Gasteiger partial charge in [-0.2, -0.15) is 0 Å². The maximum Gasteiger partial charge on any atom is 0.0590 e. The molecule has 4 heteroatoms. The third kappa shape index (κ3) is 4.50. The van der Waals surface area contributed by atoms with Crippen molar-refractivity contribution in [2.24, 2.45) is 0 Å². The lowest BCUT2D eigenvalue weighted by molar-refractivity contribution is 0.148. The van der Waals surface area contributed by atoms with Crippen molar-refractivity contribution in [2.45, 2.75) is 32.2 Å². The molecule has 106 valence electrons. The molecule has 0 aliphatic carbocycles. The molecule has 2 aliphatic heterocycles. The van der Waals surface area contributed by atoms with Gasteiger partial charge in [0, 0.05) is 38.8 Å². The number of ether oxygens (including phenoxy) is 1. The standard InChI is InChI=1S/C14H29N3O/c1-2-18-12-7-15-6-11-16-10-5-14(13-16)17-8-3-4-9-17/h14-15H,2-13H2,1H3. The molecule has 0 spiro atoms. The van der Waals surface area contributed by atoms with E-state index in [0.29, 0.717) is 0 Å². The first-order valence-electron chi connectivity index (χ1n) is 7.65. The number of nitrogens with one attached hydrogen (secondary N) is 1. The van der Waals surface area contributed by atoms with Gasteiger partial charge < -0.3 is 15.0 Å². The molecule has 1 N–H and O–H groups in total. The fourth-order valence-corrected chi connectivity index (χ4v) is 3.07. The van der Waals surface area contributed by atoms with Crippen LogP contribution in [-0.2, 0) is 4.74 Å². The Bertz CT molecular complexity index is 219. The van der Waals surface area contributed by atoms with E-state index < -0.39 is 0 Å². The van der Waals surface area contributed by atoms with Crippen molar-refractivity contribution in [3.8, 4) is 0 Å². The molecule has 4 nitrogen and oxygen atoms in total. The summed E-state index contributed by atoms with van der Waals surface area (Å²) in [6.45, 7) is 12.2. The van der Waals surface area contributed by atoms with Gasteiger partial charge in [-0.25, -0.2) is 0 Å². The van der Waals surface area contributed by atoms with Crippen LogP contribution in [0.3, 0.4) is 0 Å². The zero-order valence-corrected chi connectivity index (χ0v) is 11.9. The number of rotatable bonds is 8. The first-order valence-corrected chi connectivity index (χ1v) is 7.65. The highest BCUT2D eigenvalue weighted by molar-refractivity contribution is 4.85. The van der Waals surface area contributed by atoms with Crippen molar-refractivity contribution in [3.05, 3.63) is 0 Å². The van der Waals surface area contributed by atoms with Crippen LogP contribution in [0.5, 0.6) is 0 Å². The second-order valence-corrected chi connectivity index (χ2v) is 5.43. The Morgan fingerprint density at radius 2 is 2.00 bits per heavy atom. The zero-order chi connectivity index (χ0) is 12.6. The van der Waals surface area contributed by atoms with Crippen LogP contribution in [0.1, 0.15) is 26.2 Å². The summed E-state index contributed by atoms with van der Waals surface area (Å²) in [7, 11) is 0. The molecular formula is C14H29N3O. The van der Waals surface area contributed by atoms with E-state index in [4.69, 9.17) is 4.74 Å². The molecule has 0 aromatic rings. The van der Waals surface area contributed by atoms with Crippen LogP contribution in [0.2, 0.25) is 0 Å². The molecule has 2 aliphatic rings. The van der Waals surface area contributed by atoms with Gasteiger partial charge in [0.1, 0.15) is 0 Å². The number of nitrogens with zero attached hydrogens (tertiary/aromatic N) is 2. The van der Waals surface area contributed by atoms with E-state index in [1.807, 2.05) is 6.92 Å². The molecule has 0 radical (unpaired) electrons. The molecule has 2 rings (SSSR count). The molecule has 0 amide bonds. The van der Waals surface area contributed by atoms with Crippen molar-refractivity contribution in [3.63, 3.8) is 0 Å². The predicted molar refractivity (Wildman–Crippen MR) is 75.0 cm³/mol. The average Bonchev–Trinajstić information content (AvgIpc) is 3.03. The van der Waals surface area contributed by atoms with Gasteiger partial charge in [0.2, 0.25) is 0 Å². The third-order valence-corrected chi connectivity index (χ3v) is 4.14. The zero-order valence-electron chi connectivity index (χ0n) is 11.9. The van der Waals surface area contributed by atoms with E-state index in [2.05, 4.69) is 15.1 Å². The molecule has 0 bridgehead atoms. The number of hydrogen-bond donors (Lipinski definition) is 1. The lowest BCUT2D eigenvalue weighted by Crippen LogP contribution is -2.37. The maximum atomic E-state index is 5.31. The smallest absolute Gasteiger partial charge is 0.0590 e. The Morgan fingerprint density at radius 1 is 1.17 bits per heavy atom. The summed E-state index contributed by atoms with van der Waals surface area (Å²) in [6.07, 6.45) is 4.20. The molecule has 2 saturated heterocycles. The average molecular weight is 255 g/mol. The highest BCUT2D eigenvalue weighted by Crippen LogP contribution is 2.19. The summed E-state index contributed by atoms with van der Waals surface area (Å²) in [4.78, 5) is 5.30. The fourth-order valence-electron chi connectivity index (χ4n) is 3.07. The summed E-state index contributed by atoms with van der Waals surface area (Å²) in [5.41, 5.74) is 0. The van der Waals surface area contributed by atoms with E-state index in [1.165, 1.54) is 52.0 Å². The van der Waals surface area contributed by atoms with Gasteiger partial charge in [-0.1, -0.05) is 0 Å². The maximum absolute atomic E-state index is 5.31. The molecule has 2 fully saturated rings. The summed E-state index contributed by atoms with van der Waals surface area (Å²) in [5.74, 6) is 0. The Morgan fingerprint density at radius 3 is 2.78 bits per heavy atom. The minimum atomic E-state index is 0.825. The van der Waals surface area contributed by atoms with Crippen LogP contribution in [0.4, 0.5) is 0 Å². The first-order chi connectivity index (χ1) is 8.90. The highest BCUT2D eigenvalue weighted by atomic mass is 16.5. The van der Waals surface area contributed by atoms with Crippen molar-refractivity contribution >= 4 is 0 Å². The van der Waals surface area contributed by atoms with Crippen LogP contribution in [-0.4, -0.2) is 74.9 Å². The molecule has 18 heavy (non-hydrogen) atoms. The van der Waals surface area contributed by atoms with Crippen LogP contribution in [0.25, 0.3) is 0 Å². The Hall–Kier alpha value is -0.160. The summed E-state index contributed by atoms with van der Waals surface area (Å²) in [6, 6.07) is 0.843. The first kappa shape index (κ1) is 14.3. The molecule has 0 aromatic heterocycles. The van der Waals surface area contributed by atoms with Gasteiger partial charge in [0.05, 0.1) is 6.61 Å². The lowest BCUT2D eigenvalue weighted by Gasteiger charge is -2.23. The molecular weight excluding hydrogens is 226 g/mol. The van der Waals surface area contributed by atoms with Gasteiger partial charge in [-0.15, -0.1) is 0 Å². The monoisotopic (exact) mass is 255 g/mol. The minimum Gasteiger partial charge on any atom is -0.380 e. The van der Waals surface area contributed by atoms with Crippen molar-refractivity contribution in [1.29, 1.82) is 0 Å². The van der Waals surface area contributed by atoms with Crippen LogP contribution in [0.15, 0.2) is 0 Å².